The third kappa shape index (κ3) is 4.01. The zero-order valence-electron chi connectivity index (χ0n) is 10.2. The SMILES string of the molecule is CC(NOC(C)(C)C)c1cccc(C#N)c1. The van der Waals surface area contributed by atoms with Gasteiger partial charge in [-0.25, -0.2) is 0 Å². The molecule has 1 rings (SSSR count). The van der Waals surface area contributed by atoms with Crippen LogP contribution in [0.5, 0.6) is 0 Å². The Bertz CT molecular complexity index is 388. The minimum atomic E-state index is -0.221. The number of nitrogens with zero attached hydrogens (tertiary/aromatic N) is 1. The van der Waals surface area contributed by atoms with Crippen molar-refractivity contribution in [1.29, 1.82) is 5.26 Å². The van der Waals surface area contributed by atoms with Crippen LogP contribution in [-0.4, -0.2) is 5.60 Å². The first-order valence-electron chi connectivity index (χ1n) is 5.36. The fraction of sp³-hybridized carbons (Fsp3) is 0.462. The van der Waals surface area contributed by atoms with Gasteiger partial charge in [0.15, 0.2) is 0 Å². The van der Waals surface area contributed by atoms with E-state index in [4.69, 9.17) is 10.1 Å². The molecule has 0 heterocycles. The largest absolute Gasteiger partial charge is 0.296 e. The minimum absolute atomic E-state index is 0.0625. The van der Waals surface area contributed by atoms with Crippen molar-refractivity contribution in [3.8, 4) is 6.07 Å². The Hall–Kier alpha value is -1.37. The summed E-state index contributed by atoms with van der Waals surface area (Å²) in [5, 5.41) is 8.80. The van der Waals surface area contributed by atoms with E-state index in [0.717, 1.165) is 5.56 Å². The molecule has 0 bridgehead atoms. The van der Waals surface area contributed by atoms with Crippen LogP contribution in [0.15, 0.2) is 24.3 Å². The fourth-order valence-electron chi connectivity index (χ4n) is 1.21. The Morgan fingerprint density at radius 3 is 2.62 bits per heavy atom. The van der Waals surface area contributed by atoms with Gasteiger partial charge >= 0.3 is 0 Å². The van der Waals surface area contributed by atoms with Crippen molar-refractivity contribution < 1.29 is 4.84 Å². The first-order valence-corrected chi connectivity index (χ1v) is 5.36. The van der Waals surface area contributed by atoms with Crippen molar-refractivity contribution in [1.82, 2.24) is 5.48 Å². The van der Waals surface area contributed by atoms with Crippen LogP contribution in [0, 0.1) is 11.3 Å². The molecular weight excluding hydrogens is 200 g/mol. The highest BCUT2D eigenvalue weighted by Gasteiger charge is 2.13. The Labute approximate surface area is 97.0 Å². The van der Waals surface area contributed by atoms with E-state index >= 15 is 0 Å². The zero-order valence-corrected chi connectivity index (χ0v) is 10.2. The molecule has 3 heteroatoms. The molecule has 0 amide bonds. The maximum absolute atomic E-state index is 8.80. The lowest BCUT2D eigenvalue weighted by Crippen LogP contribution is -2.30. The molecule has 0 aliphatic rings. The standard InChI is InChI=1S/C13H18N2O/c1-10(15-16-13(2,3)4)12-7-5-6-11(8-12)9-14/h5-8,10,15H,1-4H3. The van der Waals surface area contributed by atoms with Gasteiger partial charge in [0.05, 0.1) is 23.3 Å². The Kier molecular flexibility index (Phi) is 4.05. The van der Waals surface area contributed by atoms with Crippen LogP contribution in [0.25, 0.3) is 0 Å². The van der Waals surface area contributed by atoms with Gasteiger partial charge in [-0.3, -0.25) is 4.84 Å². The lowest BCUT2D eigenvalue weighted by Gasteiger charge is -2.23. The van der Waals surface area contributed by atoms with E-state index in [9.17, 15) is 0 Å². The second-order valence-corrected chi connectivity index (χ2v) is 4.79. The molecule has 16 heavy (non-hydrogen) atoms. The summed E-state index contributed by atoms with van der Waals surface area (Å²) >= 11 is 0. The fourth-order valence-corrected chi connectivity index (χ4v) is 1.21. The van der Waals surface area contributed by atoms with Gasteiger partial charge in [0.25, 0.3) is 0 Å². The highest BCUT2D eigenvalue weighted by Crippen LogP contribution is 2.15. The molecule has 0 saturated heterocycles. The van der Waals surface area contributed by atoms with Crippen LogP contribution >= 0.6 is 0 Å². The van der Waals surface area contributed by atoms with Gasteiger partial charge in [-0.15, -0.1) is 0 Å². The predicted octanol–water partition coefficient (Wildman–Crippen LogP) is 2.94. The quantitative estimate of drug-likeness (QED) is 0.793. The summed E-state index contributed by atoms with van der Waals surface area (Å²) in [5.74, 6) is 0. The number of benzene rings is 1. The molecule has 0 saturated carbocycles. The third-order valence-corrected chi connectivity index (χ3v) is 2.06. The summed E-state index contributed by atoms with van der Waals surface area (Å²) < 4.78 is 0. The molecule has 86 valence electrons. The molecule has 1 aromatic rings. The van der Waals surface area contributed by atoms with Crippen LogP contribution in [-0.2, 0) is 4.84 Å². The topological polar surface area (TPSA) is 45.0 Å². The number of nitriles is 1. The number of hydrogen-bond acceptors (Lipinski definition) is 3. The van der Waals surface area contributed by atoms with Crippen molar-refractivity contribution in [3.63, 3.8) is 0 Å². The molecule has 1 aromatic carbocycles. The molecule has 1 unspecified atom stereocenters. The molecule has 0 radical (unpaired) electrons. The molecular formula is C13H18N2O. The van der Waals surface area contributed by atoms with Crippen molar-refractivity contribution in [3.05, 3.63) is 35.4 Å². The van der Waals surface area contributed by atoms with Crippen LogP contribution in [0.3, 0.4) is 0 Å². The Balaban J connectivity index is 2.66. The summed E-state index contributed by atoms with van der Waals surface area (Å²) in [6.07, 6.45) is 0. The third-order valence-electron chi connectivity index (χ3n) is 2.06. The van der Waals surface area contributed by atoms with Crippen molar-refractivity contribution in [2.24, 2.45) is 0 Å². The molecule has 0 aliphatic carbocycles. The van der Waals surface area contributed by atoms with E-state index in [1.807, 2.05) is 45.9 Å². The minimum Gasteiger partial charge on any atom is -0.296 e. The van der Waals surface area contributed by atoms with Gasteiger partial charge in [0.1, 0.15) is 0 Å². The van der Waals surface area contributed by atoms with E-state index in [-0.39, 0.29) is 11.6 Å². The van der Waals surface area contributed by atoms with Crippen LogP contribution in [0.2, 0.25) is 0 Å². The van der Waals surface area contributed by atoms with E-state index in [1.165, 1.54) is 0 Å². The van der Waals surface area contributed by atoms with E-state index in [2.05, 4.69) is 11.5 Å². The van der Waals surface area contributed by atoms with Crippen molar-refractivity contribution >= 4 is 0 Å². The van der Waals surface area contributed by atoms with Gasteiger partial charge in [-0.05, 0) is 45.4 Å². The summed E-state index contributed by atoms with van der Waals surface area (Å²) in [6.45, 7) is 7.96. The lowest BCUT2D eigenvalue weighted by atomic mass is 10.1. The maximum Gasteiger partial charge on any atom is 0.0991 e. The summed E-state index contributed by atoms with van der Waals surface area (Å²) in [7, 11) is 0. The smallest absolute Gasteiger partial charge is 0.0991 e. The van der Waals surface area contributed by atoms with Gasteiger partial charge in [-0.1, -0.05) is 12.1 Å². The van der Waals surface area contributed by atoms with Gasteiger partial charge in [0.2, 0.25) is 0 Å². The van der Waals surface area contributed by atoms with Crippen LogP contribution in [0.1, 0.15) is 44.9 Å². The summed E-state index contributed by atoms with van der Waals surface area (Å²) in [5.41, 5.74) is 4.47. The number of hydroxylamine groups is 1. The highest BCUT2D eigenvalue weighted by molar-refractivity contribution is 5.33. The molecule has 0 aliphatic heterocycles. The van der Waals surface area contributed by atoms with Crippen LogP contribution in [0.4, 0.5) is 0 Å². The van der Waals surface area contributed by atoms with E-state index in [1.54, 1.807) is 6.07 Å². The number of hydrogen-bond donors (Lipinski definition) is 1. The van der Waals surface area contributed by atoms with Crippen LogP contribution < -0.4 is 5.48 Å². The lowest BCUT2D eigenvalue weighted by molar-refractivity contribution is -0.0866. The highest BCUT2D eigenvalue weighted by atomic mass is 16.7. The number of rotatable bonds is 3. The molecule has 0 fully saturated rings. The second kappa shape index (κ2) is 5.11. The first-order chi connectivity index (χ1) is 7.42. The zero-order chi connectivity index (χ0) is 12.2. The Morgan fingerprint density at radius 2 is 2.06 bits per heavy atom. The maximum atomic E-state index is 8.80. The average Bonchev–Trinajstić information content (AvgIpc) is 2.25. The van der Waals surface area contributed by atoms with Gasteiger partial charge < -0.3 is 0 Å². The molecule has 1 atom stereocenters. The van der Waals surface area contributed by atoms with Crippen molar-refractivity contribution in [2.75, 3.05) is 0 Å². The summed E-state index contributed by atoms with van der Waals surface area (Å²) in [6, 6.07) is 9.70. The molecule has 1 N–H and O–H groups in total. The van der Waals surface area contributed by atoms with E-state index in [0.29, 0.717) is 5.56 Å². The first kappa shape index (κ1) is 12.7. The monoisotopic (exact) mass is 218 g/mol. The molecule has 0 aromatic heterocycles. The van der Waals surface area contributed by atoms with Gasteiger partial charge in [0, 0.05) is 0 Å². The summed E-state index contributed by atoms with van der Waals surface area (Å²) in [4.78, 5) is 5.49. The molecule has 0 spiro atoms. The second-order valence-electron chi connectivity index (χ2n) is 4.79. The molecule has 3 nitrogen and oxygen atoms in total. The van der Waals surface area contributed by atoms with Gasteiger partial charge in [-0.2, -0.15) is 10.7 Å². The van der Waals surface area contributed by atoms with E-state index < -0.39 is 0 Å². The Morgan fingerprint density at radius 1 is 1.38 bits per heavy atom. The normalized spacial score (nSPS) is 13.2. The average molecular weight is 218 g/mol. The number of nitrogens with one attached hydrogen (secondary N) is 1. The predicted molar refractivity (Wildman–Crippen MR) is 63.5 cm³/mol. The van der Waals surface area contributed by atoms with Crippen molar-refractivity contribution in [2.45, 2.75) is 39.3 Å².